The molecule has 0 radical (unpaired) electrons. The zero-order valence-corrected chi connectivity index (χ0v) is 9.79. The molecule has 0 aromatic heterocycles. The van der Waals surface area contributed by atoms with E-state index in [0.717, 1.165) is 19.1 Å². The molecule has 15 heavy (non-hydrogen) atoms. The second kappa shape index (κ2) is 4.14. The quantitative estimate of drug-likeness (QED) is 0.706. The molecule has 0 saturated carbocycles. The third-order valence-corrected chi connectivity index (χ3v) is 2.89. The minimum Gasteiger partial charge on any atom is -0.294 e. The van der Waals surface area contributed by atoms with Crippen LogP contribution >= 0.6 is 27.5 Å². The molecule has 6 heteroatoms. The van der Waals surface area contributed by atoms with Gasteiger partial charge in [-0.15, -0.1) is 0 Å². The van der Waals surface area contributed by atoms with Crippen LogP contribution in [0.5, 0.6) is 0 Å². The second-order valence-electron chi connectivity index (χ2n) is 2.84. The van der Waals surface area contributed by atoms with Gasteiger partial charge in [-0.2, -0.15) is 13.2 Å². The number of hydrogen-bond acceptors (Lipinski definition) is 1. The molecule has 0 aliphatic carbocycles. The average molecular weight is 301 g/mol. The molecule has 0 bridgehead atoms. The summed E-state index contributed by atoms with van der Waals surface area (Å²) < 4.78 is 37.0. The summed E-state index contributed by atoms with van der Waals surface area (Å²) in [6.07, 6.45) is -4.51. The van der Waals surface area contributed by atoms with E-state index in [0.29, 0.717) is 0 Å². The van der Waals surface area contributed by atoms with Crippen molar-refractivity contribution in [2.24, 2.45) is 0 Å². The first-order chi connectivity index (χ1) is 6.75. The Morgan fingerprint density at radius 1 is 1.40 bits per heavy atom. The van der Waals surface area contributed by atoms with Crippen molar-refractivity contribution in [1.29, 1.82) is 0 Å². The van der Waals surface area contributed by atoms with Crippen LogP contribution in [0.2, 0.25) is 5.02 Å². The fraction of sp³-hybridized carbons (Fsp3) is 0.222. The molecule has 0 saturated heterocycles. The number of carbonyl (C=O) groups excluding carboxylic acids is 1. The van der Waals surface area contributed by atoms with E-state index in [-0.39, 0.29) is 15.1 Å². The lowest BCUT2D eigenvalue weighted by Crippen LogP contribution is -2.09. The Morgan fingerprint density at radius 2 is 1.93 bits per heavy atom. The fourth-order valence-corrected chi connectivity index (χ4v) is 2.35. The summed E-state index contributed by atoms with van der Waals surface area (Å²) in [5.41, 5.74) is -1.05. The summed E-state index contributed by atoms with van der Waals surface area (Å²) in [5.74, 6) is -0.516. The first-order valence-corrected chi connectivity index (χ1v) is 4.98. The smallest absolute Gasteiger partial charge is 0.294 e. The number of ketones is 1. The van der Waals surface area contributed by atoms with Gasteiger partial charge in [0.2, 0.25) is 0 Å². The molecule has 0 heterocycles. The Labute approximate surface area is 97.4 Å². The Morgan fingerprint density at radius 3 is 2.33 bits per heavy atom. The van der Waals surface area contributed by atoms with Crippen LogP contribution in [-0.4, -0.2) is 5.78 Å². The number of alkyl halides is 3. The highest BCUT2D eigenvalue weighted by Gasteiger charge is 2.34. The molecule has 0 amide bonds. The Balaban J connectivity index is 3.49. The lowest BCUT2D eigenvalue weighted by molar-refractivity contribution is -0.138. The van der Waals surface area contributed by atoms with E-state index in [1.807, 2.05) is 0 Å². The van der Waals surface area contributed by atoms with Gasteiger partial charge < -0.3 is 0 Å². The summed E-state index contributed by atoms with van der Waals surface area (Å²) in [6, 6.07) is 1.89. The molecule has 0 spiro atoms. The molecular formula is C9H5BrClF3O. The molecule has 0 aliphatic heterocycles. The highest BCUT2D eigenvalue weighted by atomic mass is 79.9. The molecule has 1 aromatic rings. The number of carbonyl (C=O) groups is 1. The van der Waals surface area contributed by atoms with Crippen molar-refractivity contribution in [3.8, 4) is 0 Å². The molecule has 1 rings (SSSR count). The highest BCUT2D eigenvalue weighted by molar-refractivity contribution is 9.10. The maximum absolute atomic E-state index is 12.4. The summed E-state index contributed by atoms with van der Waals surface area (Å²) in [4.78, 5) is 11.1. The van der Waals surface area contributed by atoms with Gasteiger partial charge in [-0.05, 0) is 35.0 Å². The standard InChI is InChI=1S/C9H5BrClF3O/c1-4(15)7-6(11)3-2-5(8(7)10)9(12,13)14/h2-3H,1H3. The third kappa shape index (κ3) is 2.52. The van der Waals surface area contributed by atoms with Crippen molar-refractivity contribution in [3.63, 3.8) is 0 Å². The summed E-state index contributed by atoms with van der Waals surface area (Å²) in [7, 11) is 0. The zero-order chi connectivity index (χ0) is 11.8. The van der Waals surface area contributed by atoms with Crippen LogP contribution in [0.3, 0.4) is 0 Å². The lowest BCUT2D eigenvalue weighted by atomic mass is 10.1. The van der Waals surface area contributed by atoms with Crippen LogP contribution in [0.25, 0.3) is 0 Å². The summed E-state index contributed by atoms with van der Waals surface area (Å²) >= 11 is 8.37. The van der Waals surface area contributed by atoms with E-state index in [1.165, 1.54) is 0 Å². The van der Waals surface area contributed by atoms with E-state index < -0.39 is 17.5 Å². The van der Waals surface area contributed by atoms with E-state index in [4.69, 9.17) is 11.6 Å². The number of halogens is 5. The van der Waals surface area contributed by atoms with Crippen LogP contribution in [-0.2, 0) is 6.18 Å². The number of Topliss-reactive ketones (excluding diaryl/α,β-unsaturated/α-hetero) is 1. The highest BCUT2D eigenvalue weighted by Crippen LogP contribution is 2.38. The Kier molecular flexibility index (Phi) is 3.45. The van der Waals surface area contributed by atoms with Crippen molar-refractivity contribution < 1.29 is 18.0 Å². The molecule has 82 valence electrons. The van der Waals surface area contributed by atoms with Crippen molar-refractivity contribution in [1.82, 2.24) is 0 Å². The van der Waals surface area contributed by atoms with Crippen molar-refractivity contribution >= 4 is 33.3 Å². The molecule has 0 N–H and O–H groups in total. The topological polar surface area (TPSA) is 17.1 Å². The number of rotatable bonds is 1. The molecule has 0 atom stereocenters. The second-order valence-corrected chi connectivity index (χ2v) is 4.04. The zero-order valence-electron chi connectivity index (χ0n) is 7.45. The minimum absolute atomic E-state index is 0.00220. The van der Waals surface area contributed by atoms with Crippen LogP contribution < -0.4 is 0 Å². The van der Waals surface area contributed by atoms with Crippen molar-refractivity contribution in [2.45, 2.75) is 13.1 Å². The van der Waals surface area contributed by atoms with Gasteiger partial charge in [0.05, 0.1) is 16.1 Å². The lowest BCUT2D eigenvalue weighted by Gasteiger charge is -2.12. The predicted octanol–water partition coefficient (Wildman–Crippen LogP) is 4.32. The van der Waals surface area contributed by atoms with Crippen LogP contribution in [0.1, 0.15) is 22.8 Å². The molecule has 0 aliphatic rings. The van der Waals surface area contributed by atoms with Gasteiger partial charge in [0, 0.05) is 4.47 Å². The van der Waals surface area contributed by atoms with Crippen LogP contribution in [0, 0.1) is 0 Å². The summed E-state index contributed by atoms with van der Waals surface area (Å²) in [5, 5.41) is 0.00220. The fourth-order valence-electron chi connectivity index (χ4n) is 1.09. The van der Waals surface area contributed by atoms with E-state index in [9.17, 15) is 18.0 Å². The van der Waals surface area contributed by atoms with E-state index >= 15 is 0 Å². The number of hydrogen-bond donors (Lipinski definition) is 0. The van der Waals surface area contributed by atoms with Gasteiger partial charge in [0.25, 0.3) is 0 Å². The average Bonchev–Trinajstić information content (AvgIpc) is 2.00. The maximum atomic E-state index is 12.4. The van der Waals surface area contributed by atoms with Crippen molar-refractivity contribution in [3.05, 3.63) is 32.8 Å². The molecule has 0 unspecified atom stereocenters. The Hall–Kier alpha value is -0.550. The number of benzene rings is 1. The first kappa shape index (κ1) is 12.5. The van der Waals surface area contributed by atoms with Crippen LogP contribution in [0.15, 0.2) is 16.6 Å². The largest absolute Gasteiger partial charge is 0.417 e. The van der Waals surface area contributed by atoms with Gasteiger partial charge in [0.1, 0.15) is 0 Å². The van der Waals surface area contributed by atoms with Gasteiger partial charge in [-0.1, -0.05) is 11.6 Å². The minimum atomic E-state index is -4.51. The van der Waals surface area contributed by atoms with Gasteiger partial charge in [-0.3, -0.25) is 4.79 Å². The Bertz CT molecular complexity index is 415. The molecule has 0 fully saturated rings. The maximum Gasteiger partial charge on any atom is 0.417 e. The van der Waals surface area contributed by atoms with Crippen molar-refractivity contribution in [2.75, 3.05) is 0 Å². The molecular weight excluding hydrogens is 296 g/mol. The van der Waals surface area contributed by atoms with E-state index in [2.05, 4.69) is 15.9 Å². The van der Waals surface area contributed by atoms with Crippen LogP contribution in [0.4, 0.5) is 13.2 Å². The van der Waals surface area contributed by atoms with E-state index in [1.54, 1.807) is 0 Å². The van der Waals surface area contributed by atoms with Gasteiger partial charge >= 0.3 is 6.18 Å². The first-order valence-electron chi connectivity index (χ1n) is 3.81. The van der Waals surface area contributed by atoms with Gasteiger partial charge in [0.15, 0.2) is 5.78 Å². The molecule has 1 aromatic carbocycles. The SMILES string of the molecule is CC(=O)c1c(Cl)ccc(C(F)(F)F)c1Br. The third-order valence-electron chi connectivity index (χ3n) is 1.75. The molecule has 1 nitrogen and oxygen atoms in total. The monoisotopic (exact) mass is 300 g/mol. The van der Waals surface area contributed by atoms with Gasteiger partial charge in [-0.25, -0.2) is 0 Å². The predicted molar refractivity (Wildman–Crippen MR) is 54.2 cm³/mol. The summed E-state index contributed by atoms with van der Waals surface area (Å²) in [6.45, 7) is 1.16. The normalized spacial score (nSPS) is 11.6.